The van der Waals surface area contributed by atoms with E-state index in [4.69, 9.17) is 4.74 Å². The molecule has 4 nitrogen and oxygen atoms in total. The molecule has 1 aromatic rings. The van der Waals surface area contributed by atoms with Gasteiger partial charge in [-0.25, -0.2) is 0 Å². The molecular formula is C16H23NO3. The van der Waals surface area contributed by atoms with Gasteiger partial charge >= 0.3 is 0 Å². The van der Waals surface area contributed by atoms with Crippen molar-refractivity contribution in [2.45, 2.75) is 45.8 Å². The second-order valence-electron chi connectivity index (χ2n) is 5.51. The number of carbonyl (C=O) groups is 1. The van der Waals surface area contributed by atoms with E-state index in [0.717, 1.165) is 37.1 Å². The molecule has 0 saturated carbocycles. The third-order valence-electron chi connectivity index (χ3n) is 3.69. The molecule has 4 heteroatoms. The first-order chi connectivity index (χ1) is 9.49. The van der Waals surface area contributed by atoms with E-state index in [-0.39, 0.29) is 5.91 Å². The minimum Gasteiger partial charge on any atom is -0.480 e. The molecule has 2 rings (SSSR count). The molecule has 1 saturated heterocycles. The lowest BCUT2D eigenvalue weighted by atomic mass is 10.1. The largest absolute Gasteiger partial charge is 0.480 e. The van der Waals surface area contributed by atoms with Crippen LogP contribution in [0.5, 0.6) is 5.75 Å². The Morgan fingerprint density at radius 1 is 1.30 bits per heavy atom. The minimum atomic E-state index is -0.611. The van der Waals surface area contributed by atoms with Crippen molar-refractivity contribution in [2.75, 3.05) is 13.1 Å². The Bertz CT molecular complexity index is 479. The molecule has 1 fully saturated rings. The summed E-state index contributed by atoms with van der Waals surface area (Å²) in [6, 6.07) is 5.65. The number of benzene rings is 1. The molecule has 1 N–H and O–H groups in total. The van der Waals surface area contributed by atoms with Crippen molar-refractivity contribution >= 4 is 5.91 Å². The van der Waals surface area contributed by atoms with E-state index < -0.39 is 12.2 Å². The average Bonchev–Trinajstić information content (AvgIpc) is 2.91. The van der Waals surface area contributed by atoms with Gasteiger partial charge in [0.05, 0.1) is 6.10 Å². The highest BCUT2D eigenvalue weighted by Gasteiger charge is 2.25. The van der Waals surface area contributed by atoms with Gasteiger partial charge in [0.15, 0.2) is 6.10 Å². The van der Waals surface area contributed by atoms with Crippen molar-refractivity contribution in [1.29, 1.82) is 0 Å². The molecule has 1 amide bonds. The van der Waals surface area contributed by atoms with Gasteiger partial charge in [0, 0.05) is 18.7 Å². The molecular weight excluding hydrogens is 254 g/mol. The molecule has 1 unspecified atom stereocenters. The smallest absolute Gasteiger partial charge is 0.263 e. The molecule has 20 heavy (non-hydrogen) atoms. The van der Waals surface area contributed by atoms with Crippen LogP contribution in [0.15, 0.2) is 18.2 Å². The number of likely N-dealkylation sites (tertiary alicyclic amines) is 1. The summed E-state index contributed by atoms with van der Waals surface area (Å²) in [5.41, 5.74) is 1.77. The first-order valence-corrected chi connectivity index (χ1v) is 7.23. The zero-order valence-corrected chi connectivity index (χ0v) is 12.4. The molecule has 110 valence electrons. The lowest BCUT2D eigenvalue weighted by Gasteiger charge is -2.23. The van der Waals surface area contributed by atoms with Crippen LogP contribution in [0.1, 0.15) is 43.9 Å². The van der Waals surface area contributed by atoms with Gasteiger partial charge in [-0.15, -0.1) is 0 Å². The molecule has 0 spiro atoms. The molecule has 0 aromatic heterocycles. The van der Waals surface area contributed by atoms with E-state index in [9.17, 15) is 9.90 Å². The van der Waals surface area contributed by atoms with Crippen LogP contribution in [0.2, 0.25) is 0 Å². The fourth-order valence-electron chi connectivity index (χ4n) is 2.52. The quantitative estimate of drug-likeness (QED) is 0.919. The zero-order valence-electron chi connectivity index (χ0n) is 12.4. The van der Waals surface area contributed by atoms with Crippen LogP contribution in [0, 0.1) is 6.92 Å². The number of aliphatic hydroxyl groups is 1. The number of ether oxygens (including phenoxy) is 1. The summed E-state index contributed by atoms with van der Waals surface area (Å²) in [7, 11) is 0. The van der Waals surface area contributed by atoms with Crippen molar-refractivity contribution in [3.63, 3.8) is 0 Å². The number of hydrogen-bond donors (Lipinski definition) is 1. The van der Waals surface area contributed by atoms with Crippen LogP contribution in [0.4, 0.5) is 0 Å². The monoisotopic (exact) mass is 277 g/mol. The average molecular weight is 277 g/mol. The Balaban J connectivity index is 2.12. The number of hydrogen-bond acceptors (Lipinski definition) is 3. The summed E-state index contributed by atoms with van der Waals surface area (Å²) in [4.78, 5) is 14.1. The lowest BCUT2D eigenvalue weighted by Crippen LogP contribution is -2.38. The molecule has 1 aromatic carbocycles. The minimum absolute atomic E-state index is 0.0283. The van der Waals surface area contributed by atoms with Crippen molar-refractivity contribution in [3.8, 4) is 5.75 Å². The van der Waals surface area contributed by atoms with E-state index in [1.165, 1.54) is 0 Å². The Morgan fingerprint density at radius 2 is 1.95 bits per heavy atom. The molecule has 2 atom stereocenters. The SMILES string of the molecule is Cc1ccc([C@@H](C)O)c(OC(C)C(=O)N2CCCC2)c1. The highest BCUT2D eigenvalue weighted by molar-refractivity contribution is 5.81. The second kappa shape index (κ2) is 6.27. The first-order valence-electron chi connectivity index (χ1n) is 7.23. The second-order valence-corrected chi connectivity index (χ2v) is 5.51. The van der Waals surface area contributed by atoms with Gasteiger partial charge in [0.25, 0.3) is 5.91 Å². The van der Waals surface area contributed by atoms with Crippen LogP contribution in [0.3, 0.4) is 0 Å². The van der Waals surface area contributed by atoms with E-state index in [1.807, 2.05) is 30.0 Å². The summed E-state index contributed by atoms with van der Waals surface area (Å²) in [6.45, 7) is 7.08. The summed E-state index contributed by atoms with van der Waals surface area (Å²) in [6.07, 6.45) is 1.01. The van der Waals surface area contributed by atoms with Gasteiger partial charge in [-0.05, 0) is 45.2 Å². The van der Waals surface area contributed by atoms with Crippen LogP contribution >= 0.6 is 0 Å². The van der Waals surface area contributed by atoms with Crippen molar-refractivity contribution in [2.24, 2.45) is 0 Å². The highest BCUT2D eigenvalue weighted by Crippen LogP contribution is 2.27. The maximum atomic E-state index is 12.3. The van der Waals surface area contributed by atoms with E-state index in [1.54, 1.807) is 13.8 Å². The summed E-state index contributed by atoms with van der Waals surface area (Å²) in [5, 5.41) is 9.78. The third-order valence-corrected chi connectivity index (χ3v) is 3.69. The molecule has 0 aliphatic carbocycles. The van der Waals surface area contributed by atoms with Crippen molar-refractivity contribution < 1.29 is 14.6 Å². The number of carbonyl (C=O) groups excluding carboxylic acids is 1. The predicted octanol–water partition coefficient (Wildman–Crippen LogP) is 2.44. The zero-order chi connectivity index (χ0) is 14.7. The van der Waals surface area contributed by atoms with Gasteiger partial charge in [-0.1, -0.05) is 12.1 Å². The number of rotatable bonds is 4. The van der Waals surface area contributed by atoms with E-state index >= 15 is 0 Å². The van der Waals surface area contributed by atoms with E-state index in [2.05, 4.69) is 0 Å². The van der Waals surface area contributed by atoms with Gasteiger partial charge in [0.2, 0.25) is 0 Å². The van der Waals surface area contributed by atoms with Crippen LogP contribution in [-0.4, -0.2) is 35.1 Å². The summed E-state index contributed by atoms with van der Waals surface area (Å²) >= 11 is 0. The highest BCUT2D eigenvalue weighted by atomic mass is 16.5. The standard InChI is InChI=1S/C16H23NO3/c1-11-6-7-14(12(2)18)15(10-11)20-13(3)16(19)17-8-4-5-9-17/h6-7,10,12-13,18H,4-5,8-9H2,1-3H3/t12-,13?/m1/s1. The van der Waals surface area contributed by atoms with Gasteiger partial charge in [-0.2, -0.15) is 0 Å². The Hall–Kier alpha value is -1.55. The Morgan fingerprint density at radius 3 is 2.55 bits per heavy atom. The van der Waals surface area contributed by atoms with Gasteiger partial charge < -0.3 is 14.7 Å². The maximum absolute atomic E-state index is 12.3. The van der Waals surface area contributed by atoms with Gasteiger partial charge in [-0.3, -0.25) is 4.79 Å². The number of aliphatic hydroxyl groups excluding tert-OH is 1. The lowest BCUT2D eigenvalue weighted by molar-refractivity contribution is -0.136. The Labute approximate surface area is 120 Å². The van der Waals surface area contributed by atoms with E-state index in [0.29, 0.717) is 5.75 Å². The number of amides is 1. The predicted molar refractivity (Wildman–Crippen MR) is 77.7 cm³/mol. The van der Waals surface area contributed by atoms with Crippen LogP contribution < -0.4 is 4.74 Å². The number of nitrogens with zero attached hydrogens (tertiary/aromatic N) is 1. The molecule has 0 bridgehead atoms. The van der Waals surface area contributed by atoms with Crippen LogP contribution in [-0.2, 0) is 4.79 Å². The number of aryl methyl sites for hydroxylation is 1. The molecule has 1 aliphatic rings. The molecule has 1 aliphatic heterocycles. The maximum Gasteiger partial charge on any atom is 0.263 e. The third kappa shape index (κ3) is 3.31. The van der Waals surface area contributed by atoms with Crippen molar-refractivity contribution in [1.82, 2.24) is 4.90 Å². The molecule has 1 heterocycles. The fourth-order valence-corrected chi connectivity index (χ4v) is 2.52. The summed E-state index contributed by atoms with van der Waals surface area (Å²) < 4.78 is 5.81. The summed E-state index contributed by atoms with van der Waals surface area (Å²) in [5.74, 6) is 0.626. The topological polar surface area (TPSA) is 49.8 Å². The fraction of sp³-hybridized carbons (Fsp3) is 0.562. The molecule has 0 radical (unpaired) electrons. The first kappa shape index (κ1) is 14.9. The van der Waals surface area contributed by atoms with Crippen LogP contribution in [0.25, 0.3) is 0 Å². The van der Waals surface area contributed by atoms with Gasteiger partial charge in [0.1, 0.15) is 5.75 Å². The normalized spacial score (nSPS) is 17.9. The Kier molecular flexibility index (Phi) is 4.65. The van der Waals surface area contributed by atoms with Crippen molar-refractivity contribution in [3.05, 3.63) is 29.3 Å².